The van der Waals surface area contributed by atoms with Crippen LogP contribution in [-0.4, -0.2) is 44.4 Å². The highest BCUT2D eigenvalue weighted by atomic mass is 16.3. The van der Waals surface area contributed by atoms with E-state index in [9.17, 15) is 14.7 Å². The summed E-state index contributed by atoms with van der Waals surface area (Å²) in [6, 6.07) is 14.0. The van der Waals surface area contributed by atoms with Crippen LogP contribution in [0.5, 0.6) is 0 Å². The Balaban J connectivity index is 0.000000968. The Morgan fingerprint density at radius 1 is 0.939 bits per heavy atom. The van der Waals surface area contributed by atoms with Gasteiger partial charge in [0.2, 0.25) is 0 Å². The molecule has 1 fully saturated rings. The number of hydrogen-bond acceptors (Lipinski definition) is 7. The van der Waals surface area contributed by atoms with Crippen LogP contribution < -0.4 is 0 Å². The Bertz CT molecular complexity index is 1190. The van der Waals surface area contributed by atoms with E-state index in [1.807, 2.05) is 43.3 Å². The first-order valence-corrected chi connectivity index (χ1v) is 10.1. The fraction of sp³-hybridized carbons (Fsp3) is 0.160. The number of likely N-dealkylation sites (tertiary alicyclic amines) is 1. The van der Waals surface area contributed by atoms with Gasteiger partial charge in [-0.3, -0.25) is 19.6 Å². The lowest BCUT2D eigenvalue weighted by atomic mass is 9.95. The molecule has 8 nitrogen and oxygen atoms in total. The van der Waals surface area contributed by atoms with Crippen LogP contribution in [0.3, 0.4) is 0 Å². The molecule has 3 heterocycles. The smallest absolute Gasteiger partial charge is 0.373 e. The predicted octanol–water partition coefficient (Wildman–Crippen LogP) is 2.87. The lowest BCUT2D eigenvalue weighted by molar-refractivity contribution is -0.191. The van der Waals surface area contributed by atoms with Gasteiger partial charge in [0.15, 0.2) is 0 Å². The zero-order valence-corrected chi connectivity index (χ0v) is 17.8. The molecule has 33 heavy (non-hydrogen) atoms. The highest BCUT2D eigenvalue weighted by Crippen LogP contribution is 2.39. The van der Waals surface area contributed by atoms with Gasteiger partial charge in [-0.2, -0.15) is 9.59 Å². The number of nitrogens with zero attached hydrogens (tertiary/aromatic N) is 3. The molecule has 0 spiro atoms. The third kappa shape index (κ3) is 5.26. The molecule has 1 amide bonds. The summed E-state index contributed by atoms with van der Waals surface area (Å²) in [7, 11) is 0. The van der Waals surface area contributed by atoms with Gasteiger partial charge in [-0.25, -0.2) is 0 Å². The zero-order chi connectivity index (χ0) is 23.8. The second kappa shape index (κ2) is 10.7. The molecule has 0 bridgehead atoms. The van der Waals surface area contributed by atoms with Crippen LogP contribution >= 0.6 is 0 Å². The first-order chi connectivity index (χ1) is 16.0. The molecular weight excluding hydrogens is 422 g/mol. The van der Waals surface area contributed by atoms with E-state index in [1.54, 1.807) is 29.4 Å². The van der Waals surface area contributed by atoms with E-state index in [1.165, 1.54) is 12.4 Å². The average molecular weight is 443 g/mol. The quantitative estimate of drug-likeness (QED) is 0.366. The van der Waals surface area contributed by atoms with Gasteiger partial charge in [0, 0.05) is 36.9 Å². The minimum absolute atomic E-state index is 0.102. The van der Waals surface area contributed by atoms with Gasteiger partial charge >= 0.3 is 6.15 Å². The van der Waals surface area contributed by atoms with Crippen molar-refractivity contribution in [2.45, 2.75) is 19.4 Å². The van der Waals surface area contributed by atoms with Gasteiger partial charge in [0.1, 0.15) is 5.76 Å². The Kier molecular flexibility index (Phi) is 7.57. The van der Waals surface area contributed by atoms with Gasteiger partial charge in [-0.05, 0) is 48.7 Å². The first-order valence-electron chi connectivity index (χ1n) is 10.1. The fourth-order valence-electron chi connectivity index (χ4n) is 3.67. The minimum Gasteiger partial charge on any atom is -0.507 e. The molecule has 0 saturated carbocycles. The fourth-order valence-corrected chi connectivity index (χ4v) is 3.67. The number of aromatic nitrogens is 2. The van der Waals surface area contributed by atoms with Crippen LogP contribution in [0, 0.1) is 6.92 Å². The number of pyridine rings is 2. The molecule has 1 aromatic carbocycles. The second-order valence-electron chi connectivity index (χ2n) is 7.33. The monoisotopic (exact) mass is 443 g/mol. The second-order valence-corrected chi connectivity index (χ2v) is 7.33. The number of carbonyl (C=O) groups excluding carboxylic acids is 4. The highest BCUT2D eigenvalue weighted by Gasteiger charge is 2.45. The Hall–Kier alpha value is -4.42. The maximum absolute atomic E-state index is 13.0. The number of aryl methyl sites for hydroxylation is 1. The van der Waals surface area contributed by atoms with E-state index in [4.69, 9.17) is 9.59 Å². The van der Waals surface area contributed by atoms with Crippen molar-refractivity contribution < 1.29 is 24.3 Å². The van der Waals surface area contributed by atoms with Crippen molar-refractivity contribution >= 4 is 23.6 Å². The number of amides is 1. The molecule has 4 rings (SSSR count). The third-order valence-electron chi connectivity index (χ3n) is 5.28. The predicted molar refractivity (Wildman–Crippen MR) is 117 cm³/mol. The summed E-state index contributed by atoms with van der Waals surface area (Å²) < 4.78 is 0. The van der Waals surface area contributed by atoms with Crippen molar-refractivity contribution in [2.75, 3.05) is 6.54 Å². The molecule has 8 heteroatoms. The maximum atomic E-state index is 13.0. The van der Waals surface area contributed by atoms with E-state index in [-0.39, 0.29) is 17.5 Å². The van der Waals surface area contributed by atoms with Crippen LogP contribution in [0.1, 0.15) is 28.3 Å². The Morgan fingerprint density at radius 2 is 1.48 bits per heavy atom. The SMILES string of the molecule is Cc1ccc(C2C(=C(O)c3ccncc3)C(=O)C(=O)N2CCc2ccncc2)cc1.O=C=O. The van der Waals surface area contributed by atoms with E-state index in [0.29, 0.717) is 18.5 Å². The lowest BCUT2D eigenvalue weighted by Gasteiger charge is -2.25. The number of rotatable bonds is 5. The number of aliphatic hydroxyl groups is 1. The third-order valence-corrected chi connectivity index (χ3v) is 5.28. The van der Waals surface area contributed by atoms with Crippen molar-refractivity contribution in [3.05, 3.63) is 101 Å². The summed E-state index contributed by atoms with van der Waals surface area (Å²) >= 11 is 0. The maximum Gasteiger partial charge on any atom is 0.373 e. The van der Waals surface area contributed by atoms with Gasteiger partial charge < -0.3 is 10.0 Å². The number of hydrogen-bond donors (Lipinski definition) is 1. The summed E-state index contributed by atoms with van der Waals surface area (Å²) in [5.74, 6) is -1.47. The van der Waals surface area contributed by atoms with E-state index in [2.05, 4.69) is 9.97 Å². The standard InChI is InChI=1S/C24H21N3O3.CO2/c1-16-2-4-18(5-3-16)21-20(22(28)19-8-13-26-14-9-19)23(29)24(30)27(21)15-10-17-6-11-25-12-7-17;2-1-3/h2-9,11-14,21,28H,10,15H2,1H3;. The van der Waals surface area contributed by atoms with Crippen LogP contribution in [0.25, 0.3) is 5.76 Å². The van der Waals surface area contributed by atoms with Gasteiger partial charge in [0.25, 0.3) is 11.7 Å². The summed E-state index contributed by atoms with van der Waals surface area (Å²) in [5, 5.41) is 10.9. The largest absolute Gasteiger partial charge is 0.507 e. The van der Waals surface area contributed by atoms with Gasteiger partial charge in [0.05, 0.1) is 11.6 Å². The van der Waals surface area contributed by atoms with Gasteiger partial charge in [-0.15, -0.1) is 0 Å². The number of aliphatic hydroxyl groups excluding tert-OH is 1. The molecule has 0 aliphatic carbocycles. The van der Waals surface area contributed by atoms with Crippen LogP contribution in [0.15, 0.2) is 78.9 Å². The summed E-state index contributed by atoms with van der Waals surface area (Å²) in [5.41, 5.74) is 3.43. The lowest BCUT2D eigenvalue weighted by Crippen LogP contribution is -2.31. The van der Waals surface area contributed by atoms with Crippen LogP contribution in [0.4, 0.5) is 0 Å². The number of Topliss-reactive ketones (excluding diaryl/α,β-unsaturated/α-hetero) is 1. The molecule has 1 atom stereocenters. The van der Waals surface area contributed by atoms with Crippen LogP contribution in [-0.2, 0) is 25.6 Å². The molecule has 1 N–H and O–H groups in total. The molecule has 1 aliphatic rings. The Labute approximate surface area is 190 Å². The van der Waals surface area contributed by atoms with Gasteiger partial charge in [-0.1, -0.05) is 29.8 Å². The van der Waals surface area contributed by atoms with E-state index >= 15 is 0 Å². The molecular formula is C25H21N3O5. The molecule has 166 valence electrons. The zero-order valence-electron chi connectivity index (χ0n) is 17.8. The first kappa shape index (κ1) is 23.2. The van der Waals surface area contributed by atoms with E-state index < -0.39 is 17.7 Å². The molecule has 2 aromatic heterocycles. The minimum atomic E-state index is -0.676. The normalized spacial score (nSPS) is 16.6. The van der Waals surface area contributed by atoms with Crippen LogP contribution in [0.2, 0.25) is 0 Å². The van der Waals surface area contributed by atoms with Crippen molar-refractivity contribution in [3.63, 3.8) is 0 Å². The number of ketones is 1. The van der Waals surface area contributed by atoms with Crippen molar-refractivity contribution in [3.8, 4) is 0 Å². The average Bonchev–Trinajstić information content (AvgIpc) is 3.09. The summed E-state index contributed by atoms with van der Waals surface area (Å²) in [6.45, 7) is 2.32. The van der Waals surface area contributed by atoms with Crippen molar-refractivity contribution in [2.24, 2.45) is 0 Å². The summed E-state index contributed by atoms with van der Waals surface area (Å²) in [6.07, 6.45) is 7.30. The molecule has 1 unspecified atom stereocenters. The summed E-state index contributed by atoms with van der Waals surface area (Å²) in [4.78, 5) is 51.6. The molecule has 3 aromatic rings. The number of benzene rings is 1. The van der Waals surface area contributed by atoms with Crippen molar-refractivity contribution in [1.29, 1.82) is 0 Å². The highest BCUT2D eigenvalue weighted by molar-refractivity contribution is 6.46. The molecule has 1 aliphatic heterocycles. The van der Waals surface area contributed by atoms with E-state index in [0.717, 1.165) is 16.7 Å². The number of carbonyl (C=O) groups is 2. The topological polar surface area (TPSA) is 118 Å². The Morgan fingerprint density at radius 3 is 2.06 bits per heavy atom. The van der Waals surface area contributed by atoms with Crippen molar-refractivity contribution in [1.82, 2.24) is 14.9 Å². The molecule has 0 radical (unpaired) electrons. The molecule has 1 saturated heterocycles.